The number of alkyl halides is 3. The van der Waals surface area contributed by atoms with Gasteiger partial charge in [-0.25, -0.2) is 13.8 Å². The van der Waals surface area contributed by atoms with Crippen LogP contribution in [0.5, 0.6) is 0 Å². The lowest BCUT2D eigenvalue weighted by molar-refractivity contribution is -0.137. The molecular weight excluding hydrogens is 519 g/mol. The standard InChI is InChI=1S/C28H23F5N4O2/c29-20-5-2-16(3-6-20)24-25-22(8-10-36-27(25)39)37(15-18-1-4-19(14-21(18)30)28(31,32)33)26(24)17-7-9-34-23(13-17)35-11-12-38/h1-7,9,13-14,38H,8,10-12,15H2,(H,34,35)(H,36,39). The molecule has 2 aromatic carbocycles. The fraction of sp³-hybridized carbons (Fsp3) is 0.214. The Kier molecular flexibility index (Phi) is 7.09. The number of nitrogens with zero attached hydrogens (tertiary/aromatic N) is 2. The summed E-state index contributed by atoms with van der Waals surface area (Å²) in [5.41, 5.74) is 1.91. The number of hydrogen-bond acceptors (Lipinski definition) is 4. The molecule has 11 heteroatoms. The average Bonchev–Trinajstić information content (AvgIpc) is 3.24. The first-order chi connectivity index (χ1) is 18.7. The van der Waals surface area contributed by atoms with Gasteiger partial charge >= 0.3 is 6.18 Å². The van der Waals surface area contributed by atoms with Crippen LogP contribution in [0, 0.1) is 11.6 Å². The van der Waals surface area contributed by atoms with Crippen LogP contribution in [-0.2, 0) is 19.1 Å². The molecular formula is C28H23F5N4O2. The van der Waals surface area contributed by atoms with Crippen molar-refractivity contribution in [2.75, 3.05) is 25.0 Å². The molecule has 0 bridgehead atoms. The second kappa shape index (κ2) is 10.5. The Balaban J connectivity index is 1.75. The van der Waals surface area contributed by atoms with Crippen molar-refractivity contribution < 1.29 is 31.9 Å². The number of benzene rings is 2. The number of carbonyl (C=O) groups is 1. The third-order valence-corrected chi connectivity index (χ3v) is 6.54. The van der Waals surface area contributed by atoms with Crippen molar-refractivity contribution in [1.29, 1.82) is 0 Å². The summed E-state index contributed by atoms with van der Waals surface area (Å²) in [6.45, 7) is 0.258. The SMILES string of the molecule is O=C1NCCc2c1c(-c1ccc(F)cc1)c(-c1ccnc(NCCO)c1)n2Cc1ccc(C(F)(F)F)cc1F. The highest BCUT2D eigenvalue weighted by Gasteiger charge is 2.33. The van der Waals surface area contributed by atoms with E-state index in [-0.39, 0.29) is 31.2 Å². The number of pyridine rings is 1. The second-order valence-corrected chi connectivity index (χ2v) is 9.03. The van der Waals surface area contributed by atoms with Crippen LogP contribution in [-0.4, -0.2) is 40.3 Å². The van der Waals surface area contributed by atoms with E-state index in [1.54, 1.807) is 16.7 Å². The molecule has 0 unspecified atom stereocenters. The van der Waals surface area contributed by atoms with Crippen molar-refractivity contribution in [3.8, 4) is 22.4 Å². The summed E-state index contributed by atoms with van der Waals surface area (Å²) < 4.78 is 70.0. The first-order valence-electron chi connectivity index (χ1n) is 12.1. The Morgan fingerprint density at radius 1 is 1.00 bits per heavy atom. The average molecular weight is 543 g/mol. The molecule has 5 rings (SSSR count). The van der Waals surface area contributed by atoms with Gasteiger partial charge in [-0.15, -0.1) is 0 Å². The Morgan fingerprint density at radius 2 is 1.77 bits per heavy atom. The molecule has 0 saturated heterocycles. The molecule has 0 spiro atoms. The molecule has 3 N–H and O–H groups in total. The number of amides is 1. The number of hydrogen-bond donors (Lipinski definition) is 3. The van der Waals surface area contributed by atoms with Gasteiger partial charge in [-0.3, -0.25) is 4.79 Å². The van der Waals surface area contributed by atoms with Gasteiger partial charge in [0, 0.05) is 48.1 Å². The van der Waals surface area contributed by atoms with Gasteiger partial charge in [0.15, 0.2) is 0 Å². The van der Waals surface area contributed by atoms with Crippen LogP contribution in [0.4, 0.5) is 27.8 Å². The molecule has 0 aliphatic carbocycles. The lowest BCUT2D eigenvalue weighted by Gasteiger charge is -2.18. The fourth-order valence-electron chi connectivity index (χ4n) is 4.81. The molecule has 2 aromatic heterocycles. The highest BCUT2D eigenvalue weighted by molar-refractivity contribution is 6.07. The minimum Gasteiger partial charge on any atom is -0.395 e. The molecule has 0 atom stereocenters. The maximum absolute atomic E-state index is 15.0. The van der Waals surface area contributed by atoms with Crippen molar-refractivity contribution in [2.45, 2.75) is 19.1 Å². The number of aliphatic hydroxyl groups is 1. The lowest BCUT2D eigenvalue weighted by Crippen LogP contribution is -2.32. The van der Waals surface area contributed by atoms with Gasteiger partial charge in [0.05, 0.1) is 30.0 Å². The van der Waals surface area contributed by atoms with Crippen molar-refractivity contribution in [3.63, 3.8) is 0 Å². The number of halogens is 5. The Bertz CT molecular complexity index is 1530. The summed E-state index contributed by atoms with van der Waals surface area (Å²) in [5, 5.41) is 15.0. The Morgan fingerprint density at radius 3 is 2.46 bits per heavy atom. The topological polar surface area (TPSA) is 79.2 Å². The molecule has 1 aliphatic rings. The summed E-state index contributed by atoms with van der Waals surface area (Å²) >= 11 is 0. The molecule has 3 heterocycles. The van der Waals surface area contributed by atoms with Gasteiger partial charge < -0.3 is 20.3 Å². The van der Waals surface area contributed by atoms with Crippen LogP contribution in [0.3, 0.4) is 0 Å². The Hall–Kier alpha value is -4.25. The van der Waals surface area contributed by atoms with Crippen molar-refractivity contribution in [3.05, 3.63) is 94.8 Å². The van der Waals surface area contributed by atoms with Gasteiger partial charge in [-0.1, -0.05) is 18.2 Å². The van der Waals surface area contributed by atoms with Crippen molar-refractivity contribution in [2.24, 2.45) is 0 Å². The molecule has 1 amide bonds. The summed E-state index contributed by atoms with van der Waals surface area (Å²) in [6, 6.07) is 11.4. The van der Waals surface area contributed by atoms with E-state index in [9.17, 15) is 27.5 Å². The largest absolute Gasteiger partial charge is 0.416 e. The fourth-order valence-corrected chi connectivity index (χ4v) is 4.81. The maximum atomic E-state index is 15.0. The van der Waals surface area contributed by atoms with Crippen LogP contribution in [0.15, 0.2) is 60.8 Å². The number of aromatic nitrogens is 2. The van der Waals surface area contributed by atoms with Crippen LogP contribution in [0.1, 0.15) is 27.2 Å². The van der Waals surface area contributed by atoms with Crippen LogP contribution in [0.25, 0.3) is 22.4 Å². The quantitative estimate of drug-likeness (QED) is 0.279. The van der Waals surface area contributed by atoms with E-state index in [0.29, 0.717) is 58.5 Å². The molecule has 0 fully saturated rings. The van der Waals surface area contributed by atoms with E-state index < -0.39 is 23.4 Å². The second-order valence-electron chi connectivity index (χ2n) is 9.03. The van der Waals surface area contributed by atoms with Gasteiger partial charge in [0.1, 0.15) is 17.5 Å². The summed E-state index contributed by atoms with van der Waals surface area (Å²) in [6.07, 6.45) is -2.78. The normalized spacial score (nSPS) is 13.2. The minimum atomic E-state index is -4.69. The van der Waals surface area contributed by atoms with E-state index in [2.05, 4.69) is 15.6 Å². The summed E-state index contributed by atoms with van der Waals surface area (Å²) in [5.74, 6) is -1.43. The van der Waals surface area contributed by atoms with Crippen molar-refractivity contribution >= 4 is 11.7 Å². The third-order valence-electron chi connectivity index (χ3n) is 6.54. The number of carbonyl (C=O) groups excluding carboxylic acids is 1. The summed E-state index contributed by atoms with van der Waals surface area (Å²) in [7, 11) is 0. The minimum absolute atomic E-state index is 0.00590. The number of aliphatic hydroxyl groups excluding tert-OH is 1. The van der Waals surface area contributed by atoms with Crippen LogP contribution in [0.2, 0.25) is 0 Å². The zero-order valence-electron chi connectivity index (χ0n) is 20.4. The van der Waals surface area contributed by atoms with Crippen LogP contribution >= 0.6 is 0 Å². The molecule has 202 valence electrons. The van der Waals surface area contributed by atoms with E-state index in [4.69, 9.17) is 0 Å². The number of nitrogens with one attached hydrogen (secondary N) is 2. The highest BCUT2D eigenvalue weighted by atomic mass is 19.4. The van der Waals surface area contributed by atoms with E-state index in [1.807, 2.05) is 0 Å². The molecule has 6 nitrogen and oxygen atoms in total. The smallest absolute Gasteiger partial charge is 0.395 e. The number of rotatable bonds is 7. The molecule has 0 saturated carbocycles. The first-order valence-corrected chi connectivity index (χ1v) is 12.1. The van der Waals surface area contributed by atoms with Gasteiger partial charge in [-0.2, -0.15) is 13.2 Å². The van der Waals surface area contributed by atoms with Crippen molar-refractivity contribution in [1.82, 2.24) is 14.9 Å². The monoisotopic (exact) mass is 542 g/mol. The third kappa shape index (κ3) is 5.22. The van der Waals surface area contributed by atoms with E-state index in [1.165, 1.54) is 30.5 Å². The summed E-state index contributed by atoms with van der Waals surface area (Å²) in [4.78, 5) is 17.4. The molecule has 0 radical (unpaired) electrons. The lowest BCUT2D eigenvalue weighted by atomic mass is 9.95. The zero-order valence-corrected chi connectivity index (χ0v) is 20.4. The first kappa shape index (κ1) is 26.4. The van der Waals surface area contributed by atoms with Gasteiger partial charge in [0.2, 0.25) is 0 Å². The van der Waals surface area contributed by atoms with Gasteiger partial charge in [-0.05, 0) is 42.0 Å². The zero-order chi connectivity index (χ0) is 27.7. The number of fused-ring (bicyclic) bond motifs is 1. The van der Waals surface area contributed by atoms with E-state index >= 15 is 4.39 Å². The molecule has 4 aromatic rings. The Labute approximate surface area is 220 Å². The molecule has 1 aliphatic heterocycles. The molecule has 39 heavy (non-hydrogen) atoms. The van der Waals surface area contributed by atoms with Gasteiger partial charge in [0.25, 0.3) is 5.91 Å². The number of anilines is 1. The predicted octanol–water partition coefficient (Wildman–Crippen LogP) is 5.25. The highest BCUT2D eigenvalue weighted by Crippen LogP contribution is 2.42. The maximum Gasteiger partial charge on any atom is 0.416 e. The van der Waals surface area contributed by atoms with Crippen LogP contribution < -0.4 is 10.6 Å². The predicted molar refractivity (Wildman–Crippen MR) is 135 cm³/mol. The van der Waals surface area contributed by atoms with E-state index in [0.717, 1.165) is 12.1 Å².